The molecule has 0 atom stereocenters. The molecule has 3 aromatic carbocycles. The van der Waals surface area contributed by atoms with E-state index >= 15 is 0 Å². The molecule has 0 spiro atoms. The molecule has 1 heterocycles. The van der Waals surface area contributed by atoms with Crippen LogP contribution in [-0.4, -0.2) is 16.2 Å². The molecule has 0 bridgehead atoms. The number of aromatic nitrogens is 2. The molecule has 0 radical (unpaired) electrons. The molecule has 0 N–H and O–H groups in total. The predicted octanol–water partition coefficient (Wildman–Crippen LogP) is 7.49. The van der Waals surface area contributed by atoms with Crippen LogP contribution in [0.1, 0.15) is 24.0 Å². The Hall–Kier alpha value is -2.49. The molecule has 0 aliphatic carbocycles. The number of hydrogen-bond acceptors (Lipinski definition) is 2. The Kier molecular flexibility index (Phi) is 6.31. The Bertz CT molecular complexity index is 1160. The lowest BCUT2D eigenvalue weighted by atomic mass is 10.1. The summed E-state index contributed by atoms with van der Waals surface area (Å²) in [5.74, 6) is 1.82. The first-order valence-electron chi connectivity index (χ1n) is 10.1. The lowest BCUT2D eigenvalue weighted by Crippen LogP contribution is -2.04. The molecule has 0 aliphatic heterocycles. The van der Waals surface area contributed by atoms with Crippen LogP contribution in [0.25, 0.3) is 22.4 Å². The minimum atomic E-state index is 0.666. The number of benzene rings is 3. The SMILES string of the molecule is Cc1cc(OCCCCn2c(-c3cccc(Cl)c3)nc3ccccc32)cc(C)c1Cl. The standard InChI is InChI=1S/C25H24Cl2N2O/c1-17-14-21(15-18(2)24(17)27)30-13-6-5-12-29-23-11-4-3-10-22(23)28-25(29)19-8-7-9-20(26)16-19/h3-4,7-11,14-16H,5-6,12-13H2,1-2H3. The maximum atomic E-state index is 6.24. The molecule has 0 amide bonds. The Labute approximate surface area is 187 Å². The fourth-order valence-electron chi connectivity index (χ4n) is 3.70. The number of rotatable bonds is 7. The van der Waals surface area contributed by atoms with Gasteiger partial charge < -0.3 is 9.30 Å². The first-order chi connectivity index (χ1) is 14.5. The average Bonchev–Trinajstić information content (AvgIpc) is 3.10. The molecule has 0 saturated heterocycles. The maximum Gasteiger partial charge on any atom is 0.141 e. The Morgan fingerprint density at radius 3 is 2.43 bits per heavy atom. The van der Waals surface area contributed by atoms with Crippen LogP contribution in [0.2, 0.25) is 10.0 Å². The highest BCUT2D eigenvalue weighted by molar-refractivity contribution is 6.32. The highest BCUT2D eigenvalue weighted by atomic mass is 35.5. The molecule has 4 aromatic rings. The van der Waals surface area contributed by atoms with E-state index in [4.69, 9.17) is 32.9 Å². The third-order valence-corrected chi connectivity index (χ3v) is 6.02. The van der Waals surface area contributed by atoms with Crippen molar-refractivity contribution in [1.29, 1.82) is 0 Å². The van der Waals surface area contributed by atoms with Crippen molar-refractivity contribution < 1.29 is 4.74 Å². The topological polar surface area (TPSA) is 27.1 Å². The van der Waals surface area contributed by atoms with E-state index in [0.29, 0.717) is 11.6 Å². The number of fused-ring (bicyclic) bond motifs is 1. The highest BCUT2D eigenvalue weighted by Gasteiger charge is 2.12. The number of para-hydroxylation sites is 2. The fourth-order valence-corrected chi connectivity index (χ4v) is 4.00. The fraction of sp³-hybridized carbons (Fsp3) is 0.240. The third-order valence-electron chi connectivity index (χ3n) is 5.19. The van der Waals surface area contributed by atoms with E-state index in [-0.39, 0.29) is 0 Å². The second kappa shape index (κ2) is 9.11. The van der Waals surface area contributed by atoms with Crippen molar-refractivity contribution in [3.63, 3.8) is 0 Å². The summed E-state index contributed by atoms with van der Waals surface area (Å²) < 4.78 is 8.23. The van der Waals surface area contributed by atoms with Crippen LogP contribution in [-0.2, 0) is 6.54 Å². The average molecular weight is 439 g/mol. The van der Waals surface area contributed by atoms with Crippen molar-refractivity contribution in [2.75, 3.05) is 6.61 Å². The number of aryl methyl sites for hydroxylation is 3. The zero-order valence-corrected chi connectivity index (χ0v) is 18.7. The monoisotopic (exact) mass is 438 g/mol. The van der Waals surface area contributed by atoms with Crippen molar-refractivity contribution in [2.24, 2.45) is 0 Å². The summed E-state index contributed by atoms with van der Waals surface area (Å²) in [4.78, 5) is 4.86. The lowest BCUT2D eigenvalue weighted by Gasteiger charge is -2.12. The van der Waals surface area contributed by atoms with E-state index in [0.717, 1.165) is 63.7 Å². The molecule has 0 fully saturated rings. The second-order valence-corrected chi connectivity index (χ2v) is 8.33. The Morgan fingerprint density at radius 2 is 1.67 bits per heavy atom. The Morgan fingerprint density at radius 1 is 0.900 bits per heavy atom. The van der Waals surface area contributed by atoms with Gasteiger partial charge in [-0.05, 0) is 74.2 Å². The van der Waals surface area contributed by atoms with Gasteiger partial charge in [0.15, 0.2) is 0 Å². The number of halogens is 2. The van der Waals surface area contributed by atoms with Gasteiger partial charge in [0.1, 0.15) is 11.6 Å². The van der Waals surface area contributed by atoms with Gasteiger partial charge in [-0.3, -0.25) is 0 Å². The molecular weight excluding hydrogens is 415 g/mol. The lowest BCUT2D eigenvalue weighted by molar-refractivity contribution is 0.303. The first-order valence-corrected chi connectivity index (χ1v) is 10.9. The normalized spacial score (nSPS) is 11.2. The van der Waals surface area contributed by atoms with E-state index < -0.39 is 0 Å². The number of imidazole rings is 1. The molecule has 154 valence electrons. The number of unbranched alkanes of at least 4 members (excludes halogenated alkanes) is 1. The van der Waals surface area contributed by atoms with Gasteiger partial charge in [0.05, 0.1) is 17.6 Å². The second-order valence-electron chi connectivity index (χ2n) is 7.51. The van der Waals surface area contributed by atoms with Gasteiger partial charge in [-0.1, -0.05) is 47.5 Å². The number of nitrogens with zero attached hydrogens (tertiary/aromatic N) is 2. The third kappa shape index (κ3) is 4.48. The van der Waals surface area contributed by atoms with Gasteiger partial charge in [0.25, 0.3) is 0 Å². The summed E-state index contributed by atoms with van der Waals surface area (Å²) in [5, 5.41) is 1.52. The van der Waals surface area contributed by atoms with Crippen molar-refractivity contribution in [3.05, 3.63) is 81.8 Å². The Balaban J connectivity index is 1.46. The summed E-state index contributed by atoms with van der Waals surface area (Å²) in [7, 11) is 0. The summed E-state index contributed by atoms with van der Waals surface area (Å²) in [6.07, 6.45) is 1.93. The summed E-state index contributed by atoms with van der Waals surface area (Å²) in [6.45, 7) is 5.54. The molecule has 1 aromatic heterocycles. The van der Waals surface area contributed by atoms with Gasteiger partial charge in [0, 0.05) is 22.2 Å². The van der Waals surface area contributed by atoms with Crippen LogP contribution < -0.4 is 4.74 Å². The van der Waals surface area contributed by atoms with Crippen molar-refractivity contribution in [1.82, 2.24) is 9.55 Å². The van der Waals surface area contributed by atoms with Gasteiger partial charge in [0.2, 0.25) is 0 Å². The van der Waals surface area contributed by atoms with Gasteiger partial charge >= 0.3 is 0 Å². The molecule has 0 unspecified atom stereocenters. The van der Waals surface area contributed by atoms with Crippen LogP contribution in [0.3, 0.4) is 0 Å². The molecule has 3 nitrogen and oxygen atoms in total. The number of hydrogen-bond donors (Lipinski definition) is 0. The highest BCUT2D eigenvalue weighted by Crippen LogP contribution is 2.28. The first kappa shape index (κ1) is 20.8. The zero-order chi connectivity index (χ0) is 21.1. The number of ether oxygens (including phenoxy) is 1. The van der Waals surface area contributed by atoms with Gasteiger partial charge in [-0.15, -0.1) is 0 Å². The van der Waals surface area contributed by atoms with Crippen molar-refractivity contribution in [3.8, 4) is 17.1 Å². The smallest absolute Gasteiger partial charge is 0.141 e. The molecule has 0 saturated carbocycles. The summed E-state index contributed by atoms with van der Waals surface area (Å²) >= 11 is 12.5. The minimum Gasteiger partial charge on any atom is -0.494 e. The van der Waals surface area contributed by atoms with E-state index in [1.54, 1.807) is 0 Å². The summed E-state index contributed by atoms with van der Waals surface area (Å²) in [5.41, 5.74) is 5.25. The molecule has 0 aliphatic rings. The molecule has 4 rings (SSSR count). The summed E-state index contributed by atoms with van der Waals surface area (Å²) in [6, 6.07) is 20.1. The predicted molar refractivity (Wildman–Crippen MR) is 126 cm³/mol. The van der Waals surface area contributed by atoms with Crippen LogP contribution in [0, 0.1) is 13.8 Å². The van der Waals surface area contributed by atoms with E-state index in [2.05, 4.69) is 22.8 Å². The zero-order valence-electron chi connectivity index (χ0n) is 17.2. The quantitative estimate of drug-likeness (QED) is 0.279. The van der Waals surface area contributed by atoms with E-state index in [9.17, 15) is 0 Å². The van der Waals surface area contributed by atoms with Crippen LogP contribution in [0.15, 0.2) is 60.7 Å². The molecule has 30 heavy (non-hydrogen) atoms. The van der Waals surface area contributed by atoms with E-state index in [1.807, 2.05) is 56.3 Å². The van der Waals surface area contributed by atoms with Crippen LogP contribution in [0.5, 0.6) is 5.75 Å². The van der Waals surface area contributed by atoms with Crippen LogP contribution >= 0.6 is 23.2 Å². The molecular formula is C25H24Cl2N2O. The van der Waals surface area contributed by atoms with Crippen molar-refractivity contribution >= 4 is 34.2 Å². The van der Waals surface area contributed by atoms with Gasteiger partial charge in [-0.25, -0.2) is 4.98 Å². The molecule has 5 heteroatoms. The van der Waals surface area contributed by atoms with Crippen LogP contribution in [0.4, 0.5) is 0 Å². The largest absolute Gasteiger partial charge is 0.494 e. The van der Waals surface area contributed by atoms with Gasteiger partial charge in [-0.2, -0.15) is 0 Å². The van der Waals surface area contributed by atoms with Crippen molar-refractivity contribution in [2.45, 2.75) is 33.2 Å². The van der Waals surface area contributed by atoms with E-state index in [1.165, 1.54) is 0 Å². The minimum absolute atomic E-state index is 0.666. The maximum absolute atomic E-state index is 6.24.